The first-order chi connectivity index (χ1) is 10.4. The van der Waals surface area contributed by atoms with E-state index in [4.69, 9.17) is 0 Å². The predicted molar refractivity (Wildman–Crippen MR) is 71.7 cm³/mol. The maximum Gasteiger partial charge on any atom is 0.434 e. The summed E-state index contributed by atoms with van der Waals surface area (Å²) >= 11 is 0. The van der Waals surface area contributed by atoms with Gasteiger partial charge in [-0.2, -0.15) is 18.3 Å². The largest absolute Gasteiger partial charge is 0.434 e. The number of halogens is 3. The van der Waals surface area contributed by atoms with E-state index in [2.05, 4.69) is 15.1 Å². The molecule has 0 spiro atoms. The Balaban J connectivity index is 2.35. The topological polar surface area (TPSA) is 60.7 Å². The van der Waals surface area contributed by atoms with Crippen LogP contribution in [0.25, 0.3) is 16.7 Å². The van der Waals surface area contributed by atoms with Crippen molar-refractivity contribution in [1.82, 2.24) is 19.7 Å². The minimum atomic E-state index is -4.73. The highest BCUT2D eigenvalue weighted by Crippen LogP contribution is 2.34. The number of nitrogens with zero attached hydrogens (tertiary/aromatic N) is 4. The summed E-state index contributed by atoms with van der Waals surface area (Å²) < 4.78 is 40.6. The van der Waals surface area contributed by atoms with Crippen molar-refractivity contribution in [3.8, 4) is 5.82 Å². The molecule has 0 bridgehead atoms. The normalized spacial score (nSPS) is 11.8. The Labute approximate surface area is 122 Å². The van der Waals surface area contributed by atoms with Gasteiger partial charge < -0.3 is 0 Å². The lowest BCUT2D eigenvalue weighted by Crippen LogP contribution is -2.17. The number of aromatic nitrogens is 4. The monoisotopic (exact) mass is 306 g/mol. The highest BCUT2D eigenvalue weighted by molar-refractivity contribution is 5.95. The lowest BCUT2D eigenvalue weighted by Gasteiger charge is -2.12. The predicted octanol–water partition coefficient (Wildman–Crippen LogP) is 3.04. The van der Waals surface area contributed by atoms with Crippen LogP contribution < -0.4 is 0 Å². The van der Waals surface area contributed by atoms with E-state index in [9.17, 15) is 18.0 Å². The van der Waals surface area contributed by atoms with Crippen LogP contribution in [-0.4, -0.2) is 25.5 Å². The molecule has 0 aromatic carbocycles. The second kappa shape index (κ2) is 4.90. The standard InChI is InChI=1S/C14H9F3N4O/c1-8(22)10-7-20-21(12(10)14(15,16)17)13-9-3-2-5-18-11(9)4-6-19-13/h2-7H,1H3. The van der Waals surface area contributed by atoms with Crippen molar-refractivity contribution in [3.05, 3.63) is 48.0 Å². The molecule has 0 fully saturated rings. The lowest BCUT2D eigenvalue weighted by molar-refractivity contribution is -0.143. The fraction of sp³-hybridized carbons (Fsp3) is 0.143. The molecule has 0 aliphatic carbocycles. The number of alkyl halides is 3. The molecule has 8 heteroatoms. The number of Topliss-reactive ketones (excluding diaryl/α,β-unsaturated/α-hetero) is 1. The number of rotatable bonds is 2. The summed E-state index contributed by atoms with van der Waals surface area (Å²) in [7, 11) is 0. The Morgan fingerprint density at radius 2 is 1.95 bits per heavy atom. The summed E-state index contributed by atoms with van der Waals surface area (Å²) in [6.07, 6.45) is -0.952. The zero-order chi connectivity index (χ0) is 15.9. The van der Waals surface area contributed by atoms with Crippen molar-refractivity contribution in [2.75, 3.05) is 0 Å². The van der Waals surface area contributed by atoms with Crippen LogP contribution in [0.4, 0.5) is 13.2 Å². The SMILES string of the molecule is CC(=O)c1cnn(-c2nccc3ncccc23)c1C(F)(F)F. The second-order valence-electron chi connectivity index (χ2n) is 4.58. The van der Waals surface area contributed by atoms with Gasteiger partial charge in [0.15, 0.2) is 17.3 Å². The zero-order valence-electron chi connectivity index (χ0n) is 11.3. The summed E-state index contributed by atoms with van der Waals surface area (Å²) in [5, 5.41) is 4.12. The molecule has 3 aromatic rings. The molecule has 0 unspecified atom stereocenters. The van der Waals surface area contributed by atoms with Gasteiger partial charge in [0, 0.05) is 17.8 Å². The molecule has 0 aliphatic heterocycles. The summed E-state index contributed by atoms with van der Waals surface area (Å²) in [6.45, 7) is 1.06. The molecule has 3 rings (SSSR count). The third kappa shape index (κ3) is 2.22. The minimum Gasteiger partial charge on any atom is -0.294 e. The van der Waals surface area contributed by atoms with E-state index in [-0.39, 0.29) is 5.82 Å². The molecular formula is C14H9F3N4O. The van der Waals surface area contributed by atoms with Crippen LogP contribution in [0.15, 0.2) is 36.8 Å². The quantitative estimate of drug-likeness (QED) is 0.683. The Bertz CT molecular complexity index is 865. The van der Waals surface area contributed by atoms with Gasteiger partial charge in [0.2, 0.25) is 0 Å². The van der Waals surface area contributed by atoms with Gasteiger partial charge in [0.25, 0.3) is 0 Å². The average molecular weight is 306 g/mol. The molecule has 3 heterocycles. The molecule has 5 nitrogen and oxygen atoms in total. The van der Waals surface area contributed by atoms with Gasteiger partial charge in [-0.1, -0.05) is 0 Å². The first-order valence-corrected chi connectivity index (χ1v) is 6.26. The van der Waals surface area contributed by atoms with E-state index in [1.54, 1.807) is 18.2 Å². The van der Waals surface area contributed by atoms with E-state index in [0.717, 1.165) is 13.1 Å². The van der Waals surface area contributed by atoms with Crippen LogP contribution in [0.5, 0.6) is 0 Å². The number of fused-ring (bicyclic) bond motifs is 1. The Hall–Kier alpha value is -2.77. The fourth-order valence-electron chi connectivity index (χ4n) is 2.20. The van der Waals surface area contributed by atoms with Gasteiger partial charge >= 0.3 is 6.18 Å². The summed E-state index contributed by atoms with van der Waals surface area (Å²) in [4.78, 5) is 19.5. The molecule has 22 heavy (non-hydrogen) atoms. The molecule has 0 N–H and O–H groups in total. The molecule has 0 saturated carbocycles. The highest BCUT2D eigenvalue weighted by Gasteiger charge is 2.40. The van der Waals surface area contributed by atoms with Crippen molar-refractivity contribution >= 4 is 16.7 Å². The van der Waals surface area contributed by atoms with Crippen molar-refractivity contribution < 1.29 is 18.0 Å². The number of ketones is 1. The molecule has 0 saturated heterocycles. The number of pyridine rings is 2. The van der Waals surface area contributed by atoms with E-state index in [1.807, 2.05) is 0 Å². The first-order valence-electron chi connectivity index (χ1n) is 6.26. The van der Waals surface area contributed by atoms with E-state index >= 15 is 0 Å². The molecule has 112 valence electrons. The third-order valence-electron chi connectivity index (χ3n) is 3.13. The zero-order valence-corrected chi connectivity index (χ0v) is 11.3. The Morgan fingerprint density at radius 3 is 2.64 bits per heavy atom. The van der Waals surface area contributed by atoms with Crippen LogP contribution >= 0.6 is 0 Å². The number of hydrogen-bond donors (Lipinski definition) is 0. The lowest BCUT2D eigenvalue weighted by atomic mass is 10.1. The maximum atomic E-state index is 13.3. The fourth-order valence-corrected chi connectivity index (χ4v) is 2.20. The molecule has 0 amide bonds. The second-order valence-corrected chi connectivity index (χ2v) is 4.58. The minimum absolute atomic E-state index is 0.0228. The molecule has 0 aliphatic rings. The van der Waals surface area contributed by atoms with Crippen molar-refractivity contribution in [2.24, 2.45) is 0 Å². The molecular weight excluding hydrogens is 297 g/mol. The van der Waals surface area contributed by atoms with E-state index in [1.165, 1.54) is 12.4 Å². The summed E-state index contributed by atoms with van der Waals surface area (Å²) in [6, 6.07) is 4.78. The highest BCUT2D eigenvalue weighted by atomic mass is 19.4. The summed E-state index contributed by atoms with van der Waals surface area (Å²) in [5.41, 5.74) is -1.14. The number of carbonyl (C=O) groups excluding carboxylic acids is 1. The molecule has 0 radical (unpaired) electrons. The van der Waals surface area contributed by atoms with Gasteiger partial charge in [-0.25, -0.2) is 9.67 Å². The van der Waals surface area contributed by atoms with Crippen LogP contribution in [-0.2, 0) is 6.18 Å². The van der Waals surface area contributed by atoms with Gasteiger partial charge in [-0.3, -0.25) is 9.78 Å². The van der Waals surface area contributed by atoms with Crippen molar-refractivity contribution in [2.45, 2.75) is 13.1 Å². The summed E-state index contributed by atoms with van der Waals surface area (Å²) in [5.74, 6) is -0.734. The van der Waals surface area contributed by atoms with Gasteiger partial charge in [-0.15, -0.1) is 0 Å². The van der Waals surface area contributed by atoms with Crippen LogP contribution in [0.2, 0.25) is 0 Å². The van der Waals surface area contributed by atoms with E-state index < -0.39 is 23.2 Å². The average Bonchev–Trinajstić information content (AvgIpc) is 2.91. The van der Waals surface area contributed by atoms with Crippen LogP contribution in [0, 0.1) is 0 Å². The smallest absolute Gasteiger partial charge is 0.294 e. The third-order valence-corrected chi connectivity index (χ3v) is 3.13. The molecule has 3 aromatic heterocycles. The van der Waals surface area contributed by atoms with Crippen molar-refractivity contribution in [3.63, 3.8) is 0 Å². The van der Waals surface area contributed by atoms with E-state index in [0.29, 0.717) is 15.6 Å². The van der Waals surface area contributed by atoms with Crippen LogP contribution in [0.1, 0.15) is 23.0 Å². The molecule has 0 atom stereocenters. The Morgan fingerprint density at radius 1 is 1.18 bits per heavy atom. The van der Waals surface area contributed by atoms with Gasteiger partial charge in [0.1, 0.15) is 0 Å². The Kier molecular flexibility index (Phi) is 3.16. The number of hydrogen-bond acceptors (Lipinski definition) is 4. The number of carbonyl (C=O) groups is 1. The van der Waals surface area contributed by atoms with Crippen molar-refractivity contribution in [1.29, 1.82) is 0 Å². The van der Waals surface area contributed by atoms with Crippen LogP contribution in [0.3, 0.4) is 0 Å². The van der Waals surface area contributed by atoms with Gasteiger partial charge in [-0.05, 0) is 25.1 Å². The maximum absolute atomic E-state index is 13.3. The first kappa shape index (κ1) is 14.2. The van der Waals surface area contributed by atoms with Gasteiger partial charge in [0.05, 0.1) is 17.3 Å².